The molecule has 7 nitrogen and oxygen atoms in total. The van der Waals surface area contributed by atoms with Crippen LogP contribution in [0.2, 0.25) is 0 Å². The Bertz CT molecular complexity index is 869. The Morgan fingerprint density at radius 3 is 2.59 bits per heavy atom. The van der Waals surface area contributed by atoms with Gasteiger partial charge in [-0.2, -0.15) is 5.10 Å². The third-order valence-electron chi connectivity index (χ3n) is 5.32. The van der Waals surface area contributed by atoms with Gasteiger partial charge in [0, 0.05) is 31.3 Å². The number of nitrogens with zero attached hydrogens (tertiary/aromatic N) is 3. The topological polar surface area (TPSA) is 76.5 Å². The van der Waals surface area contributed by atoms with Gasteiger partial charge in [0.25, 0.3) is 11.8 Å². The number of piperidine rings is 1. The molecule has 1 aromatic carbocycles. The summed E-state index contributed by atoms with van der Waals surface area (Å²) >= 11 is 0. The Balaban J connectivity index is 1.65. The molecule has 7 heteroatoms. The Kier molecular flexibility index (Phi) is 6.90. The van der Waals surface area contributed by atoms with E-state index in [-0.39, 0.29) is 18.4 Å². The smallest absolute Gasteiger partial charge is 0.260 e. The molecule has 3 rings (SSSR count). The highest BCUT2D eigenvalue weighted by atomic mass is 16.5. The zero-order chi connectivity index (χ0) is 20.8. The Morgan fingerprint density at radius 1 is 1.14 bits per heavy atom. The third-order valence-corrected chi connectivity index (χ3v) is 5.32. The average Bonchev–Trinajstić information content (AvgIpc) is 3.07. The van der Waals surface area contributed by atoms with Gasteiger partial charge in [-0.25, -0.2) is 0 Å². The van der Waals surface area contributed by atoms with E-state index in [0.717, 1.165) is 55.8 Å². The quantitative estimate of drug-likeness (QED) is 0.777. The number of hydrogen-bond donors (Lipinski definition) is 1. The first-order chi connectivity index (χ1) is 14.0. The van der Waals surface area contributed by atoms with E-state index < -0.39 is 0 Å². The summed E-state index contributed by atoms with van der Waals surface area (Å²) in [5.74, 6) is 1.01. The molecule has 1 fully saturated rings. The molecule has 1 saturated heterocycles. The van der Waals surface area contributed by atoms with E-state index in [1.54, 1.807) is 28.9 Å². The molecule has 29 heavy (non-hydrogen) atoms. The molecule has 1 N–H and O–H groups in total. The first-order valence-electron chi connectivity index (χ1n) is 10.4. The third kappa shape index (κ3) is 4.96. The van der Waals surface area contributed by atoms with Gasteiger partial charge in [-0.1, -0.05) is 19.9 Å². The van der Waals surface area contributed by atoms with Gasteiger partial charge in [-0.3, -0.25) is 14.3 Å². The Morgan fingerprint density at radius 2 is 1.90 bits per heavy atom. The number of aromatic nitrogens is 2. The first-order valence-corrected chi connectivity index (χ1v) is 10.4. The number of anilines is 1. The summed E-state index contributed by atoms with van der Waals surface area (Å²) in [6, 6.07) is 6.92. The molecule has 0 saturated carbocycles. The minimum atomic E-state index is -0.224. The van der Waals surface area contributed by atoms with Crippen LogP contribution >= 0.6 is 0 Å². The molecule has 1 aliphatic heterocycles. The highest BCUT2D eigenvalue weighted by molar-refractivity contribution is 6.04. The van der Waals surface area contributed by atoms with E-state index in [0.29, 0.717) is 11.3 Å². The predicted molar refractivity (Wildman–Crippen MR) is 112 cm³/mol. The lowest BCUT2D eigenvalue weighted by Crippen LogP contribution is -2.38. The average molecular weight is 399 g/mol. The number of aryl methyl sites for hydroxylation is 2. The number of amides is 2. The fourth-order valence-corrected chi connectivity index (χ4v) is 3.72. The molecule has 2 aromatic rings. The number of hydrogen-bond acceptors (Lipinski definition) is 4. The summed E-state index contributed by atoms with van der Waals surface area (Å²) in [5, 5.41) is 7.47. The molecule has 0 bridgehead atoms. The SMILES string of the molecule is CCc1nn(C)c(NC(=O)c2cccc(OCC(=O)N3CCCCC3)c2)c1CC. The fourth-order valence-electron chi connectivity index (χ4n) is 3.72. The van der Waals surface area contributed by atoms with Crippen LogP contribution in [-0.2, 0) is 24.7 Å². The molecule has 1 aliphatic rings. The van der Waals surface area contributed by atoms with Gasteiger partial charge in [0.05, 0.1) is 5.69 Å². The van der Waals surface area contributed by atoms with Crippen LogP contribution in [0.1, 0.15) is 54.7 Å². The standard InChI is InChI=1S/C22H30N4O3/c1-4-18-19(5-2)24-25(3)21(18)23-22(28)16-10-9-11-17(14-16)29-15-20(27)26-12-7-6-8-13-26/h9-11,14H,4-8,12-13,15H2,1-3H3,(H,23,28). The largest absolute Gasteiger partial charge is 0.484 e. The number of ether oxygens (including phenoxy) is 1. The van der Waals surface area contributed by atoms with Crippen LogP contribution < -0.4 is 10.1 Å². The van der Waals surface area contributed by atoms with Crippen molar-refractivity contribution in [1.82, 2.24) is 14.7 Å². The van der Waals surface area contributed by atoms with Crippen molar-refractivity contribution < 1.29 is 14.3 Å². The number of benzene rings is 1. The van der Waals surface area contributed by atoms with E-state index in [2.05, 4.69) is 24.3 Å². The summed E-state index contributed by atoms with van der Waals surface area (Å²) in [6.45, 7) is 5.70. The molecule has 0 unspecified atom stereocenters. The normalized spacial score (nSPS) is 14.0. The van der Waals surface area contributed by atoms with Crippen molar-refractivity contribution in [3.05, 3.63) is 41.1 Å². The minimum absolute atomic E-state index is 0.00544. The van der Waals surface area contributed by atoms with Crippen LogP contribution in [0.25, 0.3) is 0 Å². The van der Waals surface area contributed by atoms with Crippen molar-refractivity contribution in [3.8, 4) is 5.75 Å². The lowest BCUT2D eigenvalue weighted by Gasteiger charge is -2.26. The van der Waals surface area contributed by atoms with Crippen LogP contribution in [0.4, 0.5) is 5.82 Å². The molecule has 2 amide bonds. The van der Waals surface area contributed by atoms with Gasteiger partial charge in [0.1, 0.15) is 11.6 Å². The second-order valence-electron chi connectivity index (χ2n) is 7.32. The lowest BCUT2D eigenvalue weighted by atomic mass is 10.1. The van der Waals surface area contributed by atoms with Crippen LogP contribution in [-0.4, -0.2) is 46.2 Å². The molecule has 0 aliphatic carbocycles. The maximum absolute atomic E-state index is 12.8. The number of rotatable bonds is 7. The molecule has 156 valence electrons. The van der Waals surface area contributed by atoms with Gasteiger partial charge in [-0.15, -0.1) is 0 Å². The van der Waals surface area contributed by atoms with E-state index in [1.165, 1.54) is 6.42 Å². The molecule has 0 radical (unpaired) electrons. The van der Waals surface area contributed by atoms with Crippen molar-refractivity contribution in [2.75, 3.05) is 25.0 Å². The van der Waals surface area contributed by atoms with Gasteiger partial charge in [0.2, 0.25) is 0 Å². The van der Waals surface area contributed by atoms with Crippen molar-refractivity contribution in [3.63, 3.8) is 0 Å². The van der Waals surface area contributed by atoms with E-state index in [4.69, 9.17) is 4.74 Å². The Hall–Kier alpha value is -2.83. The second kappa shape index (κ2) is 9.58. The van der Waals surface area contributed by atoms with Gasteiger partial charge < -0.3 is 15.0 Å². The van der Waals surface area contributed by atoms with Crippen molar-refractivity contribution in [2.24, 2.45) is 7.05 Å². The summed E-state index contributed by atoms with van der Waals surface area (Å²) in [5.41, 5.74) is 2.54. The minimum Gasteiger partial charge on any atom is -0.484 e. The number of carbonyl (C=O) groups is 2. The molecule has 0 spiro atoms. The predicted octanol–water partition coefficient (Wildman–Crippen LogP) is 3.19. The molecular weight excluding hydrogens is 368 g/mol. The summed E-state index contributed by atoms with van der Waals surface area (Å²) in [6.07, 6.45) is 4.90. The fraction of sp³-hybridized carbons (Fsp3) is 0.500. The van der Waals surface area contributed by atoms with Gasteiger partial charge >= 0.3 is 0 Å². The first kappa shape index (κ1) is 20.9. The second-order valence-corrected chi connectivity index (χ2v) is 7.32. The zero-order valence-electron chi connectivity index (χ0n) is 17.5. The molecule has 2 heterocycles. The van der Waals surface area contributed by atoms with Crippen molar-refractivity contribution in [1.29, 1.82) is 0 Å². The van der Waals surface area contributed by atoms with Crippen molar-refractivity contribution in [2.45, 2.75) is 46.0 Å². The number of likely N-dealkylation sites (tertiary alicyclic amines) is 1. The van der Waals surface area contributed by atoms with Crippen LogP contribution in [0, 0.1) is 0 Å². The van der Waals surface area contributed by atoms with Crippen molar-refractivity contribution >= 4 is 17.6 Å². The Labute approximate surface area is 172 Å². The van der Waals surface area contributed by atoms with Gasteiger partial charge in [0.15, 0.2) is 6.61 Å². The molecule has 0 atom stereocenters. The molecular formula is C22H30N4O3. The monoisotopic (exact) mass is 398 g/mol. The summed E-state index contributed by atoms with van der Waals surface area (Å²) in [7, 11) is 1.83. The number of carbonyl (C=O) groups excluding carboxylic acids is 2. The van der Waals surface area contributed by atoms with Crippen LogP contribution in [0.3, 0.4) is 0 Å². The maximum Gasteiger partial charge on any atom is 0.260 e. The highest BCUT2D eigenvalue weighted by Crippen LogP contribution is 2.22. The molecule has 1 aromatic heterocycles. The maximum atomic E-state index is 12.8. The van der Waals surface area contributed by atoms with E-state index in [1.807, 2.05) is 11.9 Å². The highest BCUT2D eigenvalue weighted by Gasteiger charge is 2.18. The van der Waals surface area contributed by atoms with E-state index in [9.17, 15) is 9.59 Å². The summed E-state index contributed by atoms with van der Waals surface area (Å²) < 4.78 is 7.38. The van der Waals surface area contributed by atoms with Gasteiger partial charge in [-0.05, 0) is 50.3 Å². The zero-order valence-corrected chi connectivity index (χ0v) is 17.5. The van der Waals surface area contributed by atoms with Crippen LogP contribution in [0.15, 0.2) is 24.3 Å². The van der Waals surface area contributed by atoms with Crippen LogP contribution in [0.5, 0.6) is 5.75 Å². The van der Waals surface area contributed by atoms with E-state index >= 15 is 0 Å². The summed E-state index contributed by atoms with van der Waals surface area (Å²) in [4.78, 5) is 26.9. The lowest BCUT2D eigenvalue weighted by molar-refractivity contribution is -0.134. The number of nitrogens with one attached hydrogen (secondary N) is 1.